The molecule has 0 spiro atoms. The van der Waals surface area contributed by atoms with Crippen LogP contribution in [0.2, 0.25) is 0 Å². The number of aryl methyl sites for hydroxylation is 1. The highest BCUT2D eigenvalue weighted by Crippen LogP contribution is 2.36. The van der Waals surface area contributed by atoms with E-state index in [0.717, 1.165) is 0 Å². The fraction of sp³-hybridized carbons (Fsp3) is 0.240. The molecule has 0 aliphatic heterocycles. The van der Waals surface area contributed by atoms with Gasteiger partial charge in [-0.05, 0) is 38.1 Å². The summed E-state index contributed by atoms with van der Waals surface area (Å²) in [6, 6.07) is 13.4. The molecule has 2 heterocycles. The number of hydrogen-bond acceptors (Lipinski definition) is 6. The minimum Gasteiger partial charge on any atom is -0.493 e. The van der Waals surface area contributed by atoms with Gasteiger partial charge in [-0.3, -0.25) is 9.48 Å². The zero-order valence-electron chi connectivity index (χ0n) is 19.9. The number of carbonyl (C=O) groups excluding carboxylic acids is 1. The highest BCUT2D eigenvalue weighted by Gasteiger charge is 2.18. The van der Waals surface area contributed by atoms with Crippen LogP contribution < -0.4 is 19.5 Å². The number of para-hydroxylation sites is 1. The molecular formula is C25H26FN5O4. The molecule has 0 bridgehead atoms. The fourth-order valence-corrected chi connectivity index (χ4v) is 3.64. The van der Waals surface area contributed by atoms with Gasteiger partial charge in [0.2, 0.25) is 5.75 Å². The smallest absolute Gasteiger partial charge is 0.276 e. The van der Waals surface area contributed by atoms with E-state index in [0.29, 0.717) is 39.9 Å². The number of amides is 1. The van der Waals surface area contributed by atoms with E-state index in [2.05, 4.69) is 15.5 Å². The zero-order chi connectivity index (χ0) is 24.9. The number of carbonyl (C=O) groups is 1. The largest absolute Gasteiger partial charge is 0.493 e. The average Bonchev–Trinajstić information content (AvgIpc) is 3.44. The maximum absolute atomic E-state index is 14.1. The minimum atomic E-state index is -0.393. The number of rotatable bonds is 9. The second kappa shape index (κ2) is 10.3. The van der Waals surface area contributed by atoms with Crippen LogP contribution in [0.3, 0.4) is 0 Å². The third kappa shape index (κ3) is 5.11. The molecule has 1 amide bonds. The number of nitrogens with zero attached hydrogens (tertiary/aromatic N) is 4. The van der Waals surface area contributed by atoms with Gasteiger partial charge in [0.1, 0.15) is 5.82 Å². The van der Waals surface area contributed by atoms with Crippen LogP contribution in [0.4, 0.5) is 10.1 Å². The van der Waals surface area contributed by atoms with Crippen molar-refractivity contribution in [1.82, 2.24) is 19.6 Å². The van der Waals surface area contributed by atoms with E-state index in [1.54, 1.807) is 74.5 Å². The topological polar surface area (TPSA) is 92.4 Å². The van der Waals surface area contributed by atoms with Gasteiger partial charge in [-0.1, -0.05) is 24.3 Å². The Labute approximate surface area is 202 Å². The summed E-state index contributed by atoms with van der Waals surface area (Å²) in [5, 5.41) is 11.6. The van der Waals surface area contributed by atoms with Gasteiger partial charge in [-0.2, -0.15) is 10.2 Å². The lowest BCUT2D eigenvalue weighted by molar-refractivity contribution is 0.102. The normalized spacial score (nSPS) is 10.8. The van der Waals surface area contributed by atoms with Crippen LogP contribution >= 0.6 is 0 Å². The van der Waals surface area contributed by atoms with E-state index >= 15 is 0 Å². The lowest BCUT2D eigenvalue weighted by Crippen LogP contribution is -2.15. The van der Waals surface area contributed by atoms with Gasteiger partial charge in [-0.15, -0.1) is 0 Å². The van der Waals surface area contributed by atoms with Crippen molar-refractivity contribution in [2.45, 2.75) is 27.1 Å². The van der Waals surface area contributed by atoms with E-state index in [1.807, 2.05) is 6.92 Å². The van der Waals surface area contributed by atoms with Crippen LogP contribution in [0, 0.1) is 19.7 Å². The standard InChI is InChI=1S/C25H26FN5O4/c1-16-23(17(2)31(28-16)14-18-8-5-6-9-19(18)26)27-25(32)20-12-13-30(29-20)15-35-24-21(33-3)10-7-11-22(24)34-4/h5-13H,14-15H2,1-4H3,(H,27,32). The van der Waals surface area contributed by atoms with Crippen LogP contribution in [0.15, 0.2) is 54.7 Å². The summed E-state index contributed by atoms with van der Waals surface area (Å²) in [6.45, 7) is 3.91. The summed E-state index contributed by atoms with van der Waals surface area (Å²) in [7, 11) is 3.08. The van der Waals surface area contributed by atoms with E-state index in [1.165, 1.54) is 10.7 Å². The number of anilines is 1. The Bertz CT molecular complexity index is 1330. The Morgan fingerprint density at radius 3 is 2.40 bits per heavy atom. The van der Waals surface area contributed by atoms with Gasteiger partial charge in [-0.25, -0.2) is 9.07 Å². The number of aromatic nitrogens is 4. The monoisotopic (exact) mass is 479 g/mol. The predicted molar refractivity (Wildman–Crippen MR) is 128 cm³/mol. The van der Waals surface area contributed by atoms with Crippen molar-refractivity contribution in [3.63, 3.8) is 0 Å². The molecule has 2 aromatic carbocycles. The number of hydrogen-bond donors (Lipinski definition) is 1. The summed E-state index contributed by atoms with van der Waals surface area (Å²) in [4.78, 5) is 12.9. The molecule has 9 nitrogen and oxygen atoms in total. The van der Waals surface area contributed by atoms with Gasteiger partial charge < -0.3 is 19.5 Å². The average molecular weight is 480 g/mol. The zero-order valence-corrected chi connectivity index (χ0v) is 19.9. The molecule has 0 radical (unpaired) electrons. The van der Waals surface area contributed by atoms with Crippen molar-refractivity contribution in [3.8, 4) is 17.2 Å². The molecule has 10 heteroatoms. The number of halogens is 1. The van der Waals surface area contributed by atoms with E-state index in [-0.39, 0.29) is 24.8 Å². The highest BCUT2D eigenvalue weighted by molar-refractivity contribution is 6.03. The molecule has 0 aliphatic carbocycles. The minimum absolute atomic E-state index is 0.0443. The molecule has 35 heavy (non-hydrogen) atoms. The Kier molecular flexibility index (Phi) is 7.00. The lowest BCUT2D eigenvalue weighted by Gasteiger charge is -2.13. The van der Waals surface area contributed by atoms with Crippen molar-refractivity contribution < 1.29 is 23.4 Å². The Morgan fingerprint density at radius 1 is 1.00 bits per heavy atom. The molecule has 0 fully saturated rings. The predicted octanol–water partition coefficient (Wildman–Crippen LogP) is 4.19. The highest BCUT2D eigenvalue weighted by atomic mass is 19.1. The fourth-order valence-electron chi connectivity index (χ4n) is 3.64. The first kappa shape index (κ1) is 23.8. The first-order chi connectivity index (χ1) is 16.9. The third-order valence-corrected chi connectivity index (χ3v) is 5.50. The van der Waals surface area contributed by atoms with Crippen LogP contribution in [0.5, 0.6) is 17.2 Å². The Hall–Kier alpha value is -4.34. The molecule has 0 unspecified atom stereocenters. The molecule has 182 valence electrons. The molecule has 0 saturated heterocycles. The van der Waals surface area contributed by atoms with Crippen molar-refractivity contribution in [1.29, 1.82) is 0 Å². The maximum Gasteiger partial charge on any atom is 0.276 e. The lowest BCUT2D eigenvalue weighted by atomic mass is 10.2. The SMILES string of the molecule is COc1cccc(OC)c1OCn1ccc(C(=O)Nc2c(C)nn(Cc3ccccc3F)c2C)n1. The number of benzene rings is 2. The van der Waals surface area contributed by atoms with E-state index < -0.39 is 5.91 Å². The van der Waals surface area contributed by atoms with Gasteiger partial charge in [0, 0.05) is 11.8 Å². The molecule has 1 N–H and O–H groups in total. The third-order valence-electron chi connectivity index (χ3n) is 5.50. The first-order valence-electron chi connectivity index (χ1n) is 10.9. The van der Waals surface area contributed by atoms with Crippen molar-refractivity contribution in [3.05, 3.63) is 83.2 Å². The van der Waals surface area contributed by atoms with Crippen LogP contribution in [0.25, 0.3) is 0 Å². The Balaban J connectivity index is 1.45. The first-order valence-corrected chi connectivity index (χ1v) is 10.9. The molecule has 2 aromatic heterocycles. The molecule has 0 atom stereocenters. The quantitative estimate of drug-likeness (QED) is 0.387. The maximum atomic E-state index is 14.1. The van der Waals surface area contributed by atoms with Gasteiger partial charge in [0.25, 0.3) is 5.91 Å². The summed E-state index contributed by atoms with van der Waals surface area (Å²) in [5.74, 6) is 0.785. The second-order valence-corrected chi connectivity index (χ2v) is 7.75. The molecule has 4 rings (SSSR count). The van der Waals surface area contributed by atoms with Crippen LogP contribution in [-0.2, 0) is 13.3 Å². The van der Waals surface area contributed by atoms with Crippen molar-refractivity contribution in [2.24, 2.45) is 0 Å². The number of methoxy groups -OCH3 is 2. The van der Waals surface area contributed by atoms with Crippen LogP contribution in [-0.4, -0.2) is 39.7 Å². The number of ether oxygens (including phenoxy) is 3. The molecule has 0 saturated carbocycles. The van der Waals surface area contributed by atoms with Crippen molar-refractivity contribution >= 4 is 11.6 Å². The number of nitrogens with one attached hydrogen (secondary N) is 1. The summed E-state index contributed by atoms with van der Waals surface area (Å²) in [5.41, 5.74) is 2.63. The summed E-state index contributed by atoms with van der Waals surface area (Å²) >= 11 is 0. The van der Waals surface area contributed by atoms with Crippen LogP contribution in [0.1, 0.15) is 27.4 Å². The Morgan fingerprint density at radius 2 is 1.71 bits per heavy atom. The van der Waals surface area contributed by atoms with Gasteiger partial charge >= 0.3 is 0 Å². The molecule has 4 aromatic rings. The summed E-state index contributed by atoms with van der Waals surface area (Å²) < 4.78 is 33.7. The molecular weight excluding hydrogens is 453 g/mol. The molecule has 0 aliphatic rings. The van der Waals surface area contributed by atoms with E-state index in [9.17, 15) is 9.18 Å². The second-order valence-electron chi connectivity index (χ2n) is 7.75. The van der Waals surface area contributed by atoms with E-state index in [4.69, 9.17) is 14.2 Å². The van der Waals surface area contributed by atoms with Gasteiger partial charge in [0.15, 0.2) is 23.9 Å². The summed E-state index contributed by atoms with van der Waals surface area (Å²) in [6.07, 6.45) is 1.64. The van der Waals surface area contributed by atoms with Gasteiger partial charge in [0.05, 0.1) is 37.8 Å². The van der Waals surface area contributed by atoms with Crippen molar-refractivity contribution in [2.75, 3.05) is 19.5 Å².